The third-order valence-corrected chi connectivity index (χ3v) is 7.49. The maximum Gasteiger partial charge on any atom is 0.343 e. The van der Waals surface area contributed by atoms with E-state index in [0.717, 1.165) is 36.3 Å². The molecule has 2 amide bonds. The third kappa shape index (κ3) is 4.37. The van der Waals surface area contributed by atoms with Crippen LogP contribution in [0.4, 0.5) is 11.4 Å². The summed E-state index contributed by atoms with van der Waals surface area (Å²) in [5.41, 5.74) is 4.82. The molecule has 0 atom stereocenters. The van der Waals surface area contributed by atoms with Crippen LogP contribution in [0.3, 0.4) is 0 Å². The molecule has 0 N–H and O–H groups in total. The topological polar surface area (TPSA) is 66.9 Å². The van der Waals surface area contributed by atoms with Crippen molar-refractivity contribution in [1.82, 2.24) is 0 Å². The van der Waals surface area contributed by atoms with Crippen molar-refractivity contribution in [2.75, 3.05) is 22.9 Å². The lowest BCUT2D eigenvalue weighted by Gasteiger charge is -2.27. The number of carbonyl (C=O) groups excluding carboxylic acids is 3. The van der Waals surface area contributed by atoms with Crippen molar-refractivity contribution in [3.8, 4) is 5.75 Å². The van der Waals surface area contributed by atoms with Crippen LogP contribution in [0.25, 0.3) is 16.3 Å². The van der Waals surface area contributed by atoms with E-state index in [-0.39, 0.29) is 11.7 Å². The first kappa shape index (κ1) is 25.3. The number of hydrogen-bond donors (Lipinski definition) is 0. The second-order valence-corrected chi connectivity index (χ2v) is 9.77. The summed E-state index contributed by atoms with van der Waals surface area (Å²) >= 11 is 0. The van der Waals surface area contributed by atoms with Gasteiger partial charge >= 0.3 is 5.97 Å². The largest absolute Gasteiger partial charge is 0.423 e. The molecule has 1 aliphatic heterocycles. The molecular weight excluding hydrogens is 500 g/mol. The van der Waals surface area contributed by atoms with Crippen LogP contribution in [0.1, 0.15) is 56.9 Å². The Bertz CT molecular complexity index is 1710. The molecule has 40 heavy (non-hydrogen) atoms. The van der Waals surface area contributed by atoms with Crippen molar-refractivity contribution in [1.29, 1.82) is 0 Å². The number of hydrogen-bond acceptors (Lipinski definition) is 5. The van der Waals surface area contributed by atoms with Gasteiger partial charge in [0, 0.05) is 29.7 Å². The zero-order valence-corrected chi connectivity index (χ0v) is 22.4. The minimum Gasteiger partial charge on any atom is -0.423 e. The van der Waals surface area contributed by atoms with E-state index in [9.17, 15) is 14.4 Å². The second kappa shape index (κ2) is 10.3. The van der Waals surface area contributed by atoms with E-state index in [1.54, 1.807) is 48.5 Å². The van der Waals surface area contributed by atoms with E-state index in [2.05, 4.69) is 37.0 Å². The molecule has 0 radical (unpaired) electrons. The van der Waals surface area contributed by atoms with Crippen LogP contribution in [0, 0.1) is 0 Å². The van der Waals surface area contributed by atoms with Crippen molar-refractivity contribution >= 4 is 45.5 Å². The van der Waals surface area contributed by atoms with E-state index >= 15 is 0 Å². The van der Waals surface area contributed by atoms with Crippen LogP contribution in [0.2, 0.25) is 0 Å². The summed E-state index contributed by atoms with van der Waals surface area (Å²) in [6.07, 6.45) is 7.18. The normalized spacial score (nSPS) is 14.1. The van der Waals surface area contributed by atoms with Crippen LogP contribution in [-0.2, 0) is 0 Å². The molecule has 2 aliphatic rings. The maximum absolute atomic E-state index is 13.8. The number of anilines is 2. The van der Waals surface area contributed by atoms with Crippen molar-refractivity contribution < 1.29 is 19.1 Å². The summed E-state index contributed by atoms with van der Waals surface area (Å²) in [7, 11) is 0. The van der Waals surface area contributed by atoms with Crippen molar-refractivity contribution in [3.63, 3.8) is 0 Å². The van der Waals surface area contributed by atoms with Gasteiger partial charge in [0.15, 0.2) is 0 Å². The number of benzene rings is 4. The molecule has 1 heterocycles. The lowest BCUT2D eigenvalue weighted by molar-refractivity contribution is 0.0732. The van der Waals surface area contributed by atoms with Crippen LogP contribution in [-0.4, -0.2) is 30.9 Å². The van der Waals surface area contributed by atoms with Gasteiger partial charge in [-0.15, -0.1) is 0 Å². The molecule has 0 saturated heterocycles. The van der Waals surface area contributed by atoms with Gasteiger partial charge in [0.05, 0.1) is 16.8 Å². The zero-order valence-electron chi connectivity index (χ0n) is 22.4. The van der Waals surface area contributed by atoms with E-state index in [0.29, 0.717) is 33.2 Å². The number of ether oxygens (including phenoxy) is 1. The summed E-state index contributed by atoms with van der Waals surface area (Å²) < 4.78 is 5.74. The highest BCUT2D eigenvalue weighted by atomic mass is 16.5. The zero-order chi connectivity index (χ0) is 27.8. The Hall–Kier alpha value is -4.97. The highest BCUT2D eigenvalue weighted by Gasteiger charge is 2.34. The van der Waals surface area contributed by atoms with Gasteiger partial charge in [0.1, 0.15) is 5.75 Å². The van der Waals surface area contributed by atoms with Crippen LogP contribution in [0.5, 0.6) is 5.75 Å². The molecule has 4 aromatic carbocycles. The summed E-state index contributed by atoms with van der Waals surface area (Å²) in [6.45, 7) is 5.91. The van der Waals surface area contributed by atoms with Crippen molar-refractivity contribution in [2.24, 2.45) is 0 Å². The molecule has 0 spiro atoms. The van der Waals surface area contributed by atoms with Gasteiger partial charge in [-0.05, 0) is 91.4 Å². The van der Waals surface area contributed by atoms with E-state index < -0.39 is 11.9 Å². The van der Waals surface area contributed by atoms with Gasteiger partial charge in [-0.3, -0.25) is 9.59 Å². The number of nitrogens with zero attached hydrogens (tertiary/aromatic N) is 2. The fourth-order valence-electron chi connectivity index (χ4n) is 5.41. The summed E-state index contributed by atoms with van der Waals surface area (Å²) in [6, 6.07) is 23.2. The van der Waals surface area contributed by atoms with Crippen molar-refractivity contribution in [3.05, 3.63) is 119 Å². The van der Waals surface area contributed by atoms with E-state index in [1.165, 1.54) is 4.90 Å². The fraction of sp³-hybridized carbons (Fsp3) is 0.147. The van der Waals surface area contributed by atoms with Gasteiger partial charge in [0.2, 0.25) is 0 Å². The average molecular weight is 529 g/mol. The first-order valence-electron chi connectivity index (χ1n) is 13.5. The van der Waals surface area contributed by atoms with Gasteiger partial charge < -0.3 is 9.64 Å². The van der Waals surface area contributed by atoms with E-state index in [1.807, 2.05) is 30.3 Å². The molecule has 0 bridgehead atoms. The highest BCUT2D eigenvalue weighted by Crippen LogP contribution is 2.36. The lowest BCUT2D eigenvalue weighted by atomic mass is 9.93. The Morgan fingerprint density at radius 3 is 2.27 bits per heavy atom. The van der Waals surface area contributed by atoms with E-state index in [4.69, 9.17) is 4.74 Å². The Labute approximate surface area is 232 Å². The predicted molar refractivity (Wildman–Crippen MR) is 158 cm³/mol. The molecule has 0 aromatic heterocycles. The molecule has 198 valence electrons. The van der Waals surface area contributed by atoms with Gasteiger partial charge in [-0.2, -0.15) is 0 Å². The third-order valence-electron chi connectivity index (χ3n) is 7.49. The minimum absolute atomic E-state index is 0.246. The first-order valence-corrected chi connectivity index (χ1v) is 13.5. The molecular formula is C34H28N2O4. The molecule has 0 saturated carbocycles. The number of rotatable bonds is 7. The Balaban J connectivity index is 1.32. The molecule has 1 aliphatic carbocycles. The predicted octanol–water partition coefficient (Wildman–Crippen LogP) is 7.05. The first-order chi connectivity index (χ1) is 19.5. The molecule has 6 rings (SSSR count). The number of allylic oxidation sites excluding steroid dienone is 4. The molecule has 4 aromatic rings. The van der Waals surface area contributed by atoms with Gasteiger partial charge in [-0.25, -0.2) is 9.69 Å². The van der Waals surface area contributed by atoms with Crippen LogP contribution >= 0.6 is 0 Å². The molecule has 6 heteroatoms. The Kier molecular flexibility index (Phi) is 6.52. The van der Waals surface area contributed by atoms with Crippen LogP contribution < -0.4 is 14.5 Å². The monoisotopic (exact) mass is 528 g/mol. The smallest absolute Gasteiger partial charge is 0.343 e. The maximum atomic E-state index is 13.8. The number of carbonyl (C=O) groups is 3. The second-order valence-electron chi connectivity index (χ2n) is 9.77. The number of esters is 1. The standard InChI is InChI=1S/C34H28N2O4/c1-3-35(4-2)26-16-14-24(15-17-26)34(39)40-28-20-25-10-7-11-29-31(25)30(21-28)33(38)36(32(29)37)27-18-12-23(13-19-27)22-8-5-6-9-22/h5,7-21H,3-4,6H2,1-2H3. The molecule has 0 fully saturated rings. The lowest BCUT2D eigenvalue weighted by Crippen LogP contribution is -2.40. The summed E-state index contributed by atoms with van der Waals surface area (Å²) in [5.74, 6) is -1.11. The Morgan fingerprint density at radius 1 is 0.875 bits per heavy atom. The fourth-order valence-corrected chi connectivity index (χ4v) is 5.41. The quantitative estimate of drug-likeness (QED) is 0.146. The number of imide groups is 1. The van der Waals surface area contributed by atoms with Crippen molar-refractivity contribution in [2.45, 2.75) is 20.3 Å². The van der Waals surface area contributed by atoms with Crippen LogP contribution in [0.15, 0.2) is 97.1 Å². The summed E-state index contributed by atoms with van der Waals surface area (Å²) in [4.78, 5) is 43.7. The molecule has 0 unspecified atom stereocenters. The Morgan fingerprint density at radius 2 is 1.60 bits per heavy atom. The highest BCUT2D eigenvalue weighted by molar-refractivity contribution is 6.36. The molecule has 6 nitrogen and oxygen atoms in total. The SMILES string of the molecule is CCN(CC)c1ccc(C(=O)Oc2cc3c4c(cccc4c2)C(=O)N(c2ccc(C4=CCC=C4)cc2)C3=O)cc1. The van der Waals surface area contributed by atoms with Gasteiger partial charge in [-0.1, -0.05) is 42.5 Å². The van der Waals surface area contributed by atoms with Gasteiger partial charge in [0.25, 0.3) is 11.8 Å². The number of amides is 2. The average Bonchev–Trinajstić information content (AvgIpc) is 3.52. The summed E-state index contributed by atoms with van der Waals surface area (Å²) in [5, 5.41) is 1.22. The minimum atomic E-state index is -0.518.